The number of carbonyl (C=O) groups is 1. The first-order valence-electron chi connectivity index (χ1n) is 7.50. The molecule has 0 aliphatic carbocycles. The summed E-state index contributed by atoms with van der Waals surface area (Å²) < 4.78 is 4.97. The first kappa shape index (κ1) is 17.5. The number of benzene rings is 1. The van der Waals surface area contributed by atoms with Crippen molar-refractivity contribution >= 4 is 29.7 Å². The molecule has 0 fully saturated rings. The van der Waals surface area contributed by atoms with Gasteiger partial charge in [-0.05, 0) is 24.7 Å². The second kappa shape index (κ2) is 6.56. The number of hydrogen-bond acceptors (Lipinski definition) is 7. The summed E-state index contributed by atoms with van der Waals surface area (Å²) in [6.07, 6.45) is 0. The SMILES string of the molecule is COC(=O)C1=C(C)Nc2[nH]c(=S)[nH]c(=O)c2C1c1cccc([N+](=O)[O-])c1. The number of allylic oxidation sites excluding steroid dienone is 1. The summed E-state index contributed by atoms with van der Waals surface area (Å²) in [5, 5.41) is 14.1. The van der Waals surface area contributed by atoms with Crippen molar-refractivity contribution in [2.45, 2.75) is 12.8 Å². The number of nitro benzene ring substituents is 1. The Labute approximate surface area is 151 Å². The molecule has 0 amide bonds. The van der Waals surface area contributed by atoms with Gasteiger partial charge in [-0.25, -0.2) is 4.79 Å². The average molecular weight is 374 g/mol. The Balaban J connectivity index is 2.33. The van der Waals surface area contributed by atoms with Crippen molar-refractivity contribution in [2.24, 2.45) is 0 Å². The van der Waals surface area contributed by atoms with Crippen molar-refractivity contribution < 1.29 is 14.5 Å². The van der Waals surface area contributed by atoms with Gasteiger partial charge in [0.25, 0.3) is 11.2 Å². The molecular weight excluding hydrogens is 360 g/mol. The van der Waals surface area contributed by atoms with E-state index in [2.05, 4.69) is 15.3 Å². The first-order valence-corrected chi connectivity index (χ1v) is 7.91. The van der Waals surface area contributed by atoms with Gasteiger partial charge in [0.05, 0.1) is 29.1 Å². The van der Waals surface area contributed by atoms with Gasteiger partial charge in [-0.3, -0.25) is 19.9 Å². The molecule has 1 unspecified atom stereocenters. The molecule has 1 atom stereocenters. The van der Waals surface area contributed by atoms with Crippen molar-refractivity contribution in [3.05, 3.63) is 71.9 Å². The third-order valence-corrected chi connectivity index (χ3v) is 4.30. The van der Waals surface area contributed by atoms with E-state index >= 15 is 0 Å². The molecule has 0 saturated heterocycles. The summed E-state index contributed by atoms with van der Waals surface area (Å²) in [4.78, 5) is 40.8. The molecule has 0 saturated carbocycles. The van der Waals surface area contributed by atoms with E-state index in [0.717, 1.165) is 0 Å². The van der Waals surface area contributed by atoms with Gasteiger partial charge >= 0.3 is 5.97 Å². The molecule has 3 rings (SSSR count). The van der Waals surface area contributed by atoms with Gasteiger partial charge in [0.15, 0.2) is 4.77 Å². The van der Waals surface area contributed by atoms with Crippen molar-refractivity contribution in [2.75, 3.05) is 12.4 Å². The van der Waals surface area contributed by atoms with E-state index < -0.39 is 22.4 Å². The fraction of sp³-hybridized carbons (Fsp3) is 0.188. The molecule has 0 spiro atoms. The molecule has 26 heavy (non-hydrogen) atoms. The predicted molar refractivity (Wildman–Crippen MR) is 95.5 cm³/mol. The Kier molecular flexibility index (Phi) is 4.43. The third-order valence-electron chi connectivity index (χ3n) is 4.09. The number of carbonyl (C=O) groups excluding carboxylic acids is 1. The summed E-state index contributed by atoms with van der Waals surface area (Å²) in [5.74, 6) is -1.16. The van der Waals surface area contributed by atoms with E-state index in [1.807, 2.05) is 0 Å². The molecule has 1 aliphatic heterocycles. The number of esters is 1. The van der Waals surface area contributed by atoms with Gasteiger partial charge < -0.3 is 15.0 Å². The summed E-state index contributed by atoms with van der Waals surface area (Å²) in [6, 6.07) is 5.78. The molecule has 3 N–H and O–H groups in total. The van der Waals surface area contributed by atoms with Crippen LogP contribution in [0.25, 0.3) is 0 Å². The van der Waals surface area contributed by atoms with Crippen LogP contribution in [0.1, 0.15) is 24.0 Å². The predicted octanol–water partition coefficient (Wildman–Crippen LogP) is 2.35. The Bertz CT molecular complexity index is 1070. The molecule has 1 aromatic carbocycles. The number of anilines is 1. The minimum Gasteiger partial charge on any atom is -0.466 e. The van der Waals surface area contributed by atoms with E-state index in [-0.39, 0.29) is 21.6 Å². The highest BCUT2D eigenvalue weighted by Gasteiger charge is 2.36. The second-order valence-corrected chi connectivity index (χ2v) is 6.05. The van der Waals surface area contributed by atoms with E-state index in [0.29, 0.717) is 17.1 Å². The number of aromatic amines is 2. The zero-order chi connectivity index (χ0) is 19.0. The Morgan fingerprint density at radius 1 is 1.35 bits per heavy atom. The van der Waals surface area contributed by atoms with Crippen LogP contribution in [0.2, 0.25) is 0 Å². The minimum atomic E-state index is -0.853. The van der Waals surface area contributed by atoms with Crippen LogP contribution in [0, 0.1) is 14.9 Å². The number of nitrogens with one attached hydrogen (secondary N) is 3. The fourth-order valence-electron chi connectivity index (χ4n) is 3.02. The Hall–Kier alpha value is -3.27. The molecule has 0 bridgehead atoms. The van der Waals surface area contributed by atoms with Crippen molar-refractivity contribution in [1.29, 1.82) is 0 Å². The van der Waals surface area contributed by atoms with Gasteiger partial charge in [-0.1, -0.05) is 12.1 Å². The van der Waals surface area contributed by atoms with Crippen LogP contribution >= 0.6 is 12.2 Å². The van der Waals surface area contributed by atoms with E-state index in [1.54, 1.807) is 13.0 Å². The zero-order valence-electron chi connectivity index (χ0n) is 13.8. The minimum absolute atomic E-state index is 0.119. The highest BCUT2D eigenvalue weighted by Crippen LogP contribution is 2.40. The largest absolute Gasteiger partial charge is 0.466 e. The van der Waals surface area contributed by atoms with E-state index in [1.165, 1.54) is 25.3 Å². The first-order chi connectivity index (χ1) is 12.3. The molecule has 1 aliphatic rings. The van der Waals surface area contributed by atoms with Crippen LogP contribution in [0.15, 0.2) is 40.3 Å². The Morgan fingerprint density at radius 2 is 2.08 bits per heavy atom. The molecule has 2 heterocycles. The van der Waals surface area contributed by atoms with Crippen molar-refractivity contribution in [1.82, 2.24) is 9.97 Å². The topological polar surface area (TPSA) is 130 Å². The van der Waals surface area contributed by atoms with Crippen LogP contribution in [-0.4, -0.2) is 28.0 Å². The van der Waals surface area contributed by atoms with E-state index in [4.69, 9.17) is 17.0 Å². The number of nitrogens with zero attached hydrogens (tertiary/aromatic N) is 1. The lowest BCUT2D eigenvalue weighted by molar-refractivity contribution is -0.384. The maximum atomic E-state index is 12.6. The normalized spacial score (nSPS) is 15.8. The molecule has 134 valence electrons. The number of methoxy groups -OCH3 is 1. The molecule has 2 aromatic rings. The lowest BCUT2D eigenvalue weighted by atomic mass is 9.82. The quantitative estimate of drug-likeness (QED) is 0.325. The second-order valence-electron chi connectivity index (χ2n) is 5.64. The van der Waals surface area contributed by atoms with Gasteiger partial charge in [0.1, 0.15) is 5.82 Å². The molecular formula is C16H14N4O5S. The van der Waals surface area contributed by atoms with Crippen molar-refractivity contribution in [3.8, 4) is 0 Å². The highest BCUT2D eigenvalue weighted by molar-refractivity contribution is 7.71. The van der Waals surface area contributed by atoms with Gasteiger partial charge in [0, 0.05) is 17.8 Å². The Morgan fingerprint density at radius 3 is 2.73 bits per heavy atom. The van der Waals surface area contributed by atoms with Crippen LogP contribution < -0.4 is 10.9 Å². The fourth-order valence-corrected chi connectivity index (χ4v) is 3.21. The maximum Gasteiger partial charge on any atom is 0.336 e. The number of nitro groups is 1. The zero-order valence-corrected chi connectivity index (χ0v) is 14.6. The number of fused-ring (bicyclic) bond motifs is 1. The number of non-ortho nitro benzene ring substituents is 1. The maximum absolute atomic E-state index is 12.6. The van der Waals surface area contributed by atoms with Crippen LogP contribution in [0.5, 0.6) is 0 Å². The number of ether oxygens (including phenoxy) is 1. The van der Waals surface area contributed by atoms with Crippen LogP contribution in [0.4, 0.5) is 11.5 Å². The molecule has 1 aromatic heterocycles. The lowest BCUT2D eigenvalue weighted by Gasteiger charge is -2.28. The van der Waals surface area contributed by atoms with Crippen molar-refractivity contribution in [3.63, 3.8) is 0 Å². The lowest BCUT2D eigenvalue weighted by Crippen LogP contribution is -2.30. The summed E-state index contributed by atoms with van der Waals surface area (Å²) in [5.41, 5.74) is 0.614. The summed E-state index contributed by atoms with van der Waals surface area (Å²) in [7, 11) is 1.23. The van der Waals surface area contributed by atoms with Gasteiger partial charge in [0.2, 0.25) is 0 Å². The number of rotatable bonds is 3. The number of H-pyrrole nitrogens is 2. The van der Waals surface area contributed by atoms with E-state index in [9.17, 15) is 19.7 Å². The third kappa shape index (κ3) is 2.90. The molecule has 10 heteroatoms. The highest BCUT2D eigenvalue weighted by atomic mass is 32.1. The van der Waals surface area contributed by atoms with Crippen LogP contribution in [0.3, 0.4) is 0 Å². The smallest absolute Gasteiger partial charge is 0.336 e. The monoisotopic (exact) mass is 374 g/mol. The number of aromatic nitrogens is 2. The molecule has 9 nitrogen and oxygen atoms in total. The summed E-state index contributed by atoms with van der Waals surface area (Å²) >= 11 is 4.99. The van der Waals surface area contributed by atoms with Gasteiger partial charge in [-0.15, -0.1) is 0 Å². The summed E-state index contributed by atoms with van der Waals surface area (Å²) in [6.45, 7) is 1.65. The molecule has 0 radical (unpaired) electrons. The standard InChI is InChI=1S/C16H14N4O5S/c1-7-10(15(22)25-2)11(8-4-3-5-9(6-8)20(23)24)12-13(17-7)18-16(26)19-14(12)21/h3-6,11H,1-2H3,(H3,17,18,19,21,26). The number of hydrogen-bond donors (Lipinski definition) is 3. The average Bonchev–Trinajstić information content (AvgIpc) is 2.59. The van der Waals surface area contributed by atoms with Gasteiger partial charge in [-0.2, -0.15) is 0 Å². The van der Waals surface area contributed by atoms with Crippen LogP contribution in [-0.2, 0) is 9.53 Å².